The third kappa shape index (κ3) is 3.60. The highest BCUT2D eigenvalue weighted by Gasteiger charge is 2.31. The van der Waals surface area contributed by atoms with Gasteiger partial charge in [-0.3, -0.25) is 9.47 Å². The second-order valence-electron chi connectivity index (χ2n) is 8.77. The second kappa shape index (κ2) is 7.77. The lowest BCUT2D eigenvalue weighted by Gasteiger charge is -2.30. The molecule has 1 aromatic heterocycles. The Morgan fingerprint density at radius 1 is 0.964 bits per heavy atom. The van der Waals surface area contributed by atoms with Crippen molar-refractivity contribution in [3.8, 4) is 5.69 Å². The van der Waals surface area contributed by atoms with E-state index in [2.05, 4.69) is 38.8 Å². The highest BCUT2D eigenvalue weighted by molar-refractivity contribution is 6.30. The zero-order valence-electron chi connectivity index (χ0n) is 16.6. The number of nitrogens with zero attached hydrogens (tertiary/aromatic N) is 4. The van der Waals surface area contributed by atoms with E-state index >= 15 is 0 Å². The number of hydrogen-bond acceptors (Lipinski definition) is 4. The van der Waals surface area contributed by atoms with Crippen LogP contribution in [0.3, 0.4) is 0 Å². The molecule has 1 aromatic carbocycles. The predicted molar refractivity (Wildman–Crippen MR) is 110 cm³/mol. The number of halogens is 1. The van der Waals surface area contributed by atoms with Gasteiger partial charge in [0, 0.05) is 17.5 Å². The van der Waals surface area contributed by atoms with E-state index in [1.165, 1.54) is 36.9 Å². The van der Waals surface area contributed by atoms with Gasteiger partial charge in [0.1, 0.15) is 5.82 Å². The van der Waals surface area contributed by atoms with E-state index in [1.807, 2.05) is 6.07 Å². The summed E-state index contributed by atoms with van der Waals surface area (Å²) in [4.78, 5) is 2.28. The molecule has 0 saturated heterocycles. The summed E-state index contributed by atoms with van der Waals surface area (Å²) in [6.07, 6.45) is 10.7. The average molecular weight is 401 g/mol. The molecular formula is C22H29ClN4O. The molecule has 2 aliphatic carbocycles. The Balaban J connectivity index is 1.38. The first-order valence-corrected chi connectivity index (χ1v) is 11.1. The van der Waals surface area contributed by atoms with E-state index in [1.54, 1.807) is 0 Å². The standard InChI is InChI=1S/C22H29ClN4O/c1-26-13-16-12-17(23)8-11-20(16)27-21(14-26)24-25-22(27)15-6-9-19(10-7-15)28-18-4-2-3-5-18/h8,11-12,15,18-19H,2-7,9-10,13-14H2,1H3/t15-,19-. The molecule has 2 heterocycles. The van der Waals surface area contributed by atoms with Gasteiger partial charge in [-0.15, -0.1) is 10.2 Å². The molecule has 0 atom stereocenters. The van der Waals surface area contributed by atoms with Crippen LogP contribution in [0.1, 0.15) is 74.5 Å². The summed E-state index contributed by atoms with van der Waals surface area (Å²) in [5.41, 5.74) is 2.43. The van der Waals surface area contributed by atoms with Crippen molar-refractivity contribution in [2.75, 3.05) is 7.05 Å². The number of fused-ring (bicyclic) bond motifs is 3. The van der Waals surface area contributed by atoms with Crippen molar-refractivity contribution in [3.63, 3.8) is 0 Å². The topological polar surface area (TPSA) is 43.2 Å². The first-order valence-electron chi connectivity index (χ1n) is 10.7. The van der Waals surface area contributed by atoms with E-state index < -0.39 is 0 Å². The molecule has 0 N–H and O–H groups in total. The van der Waals surface area contributed by atoms with Crippen LogP contribution >= 0.6 is 11.6 Å². The van der Waals surface area contributed by atoms with E-state index in [0.717, 1.165) is 55.4 Å². The average Bonchev–Trinajstić information content (AvgIpc) is 3.30. The smallest absolute Gasteiger partial charge is 0.151 e. The van der Waals surface area contributed by atoms with Crippen LogP contribution in [0.5, 0.6) is 0 Å². The normalized spacial score (nSPS) is 26.1. The number of benzene rings is 1. The van der Waals surface area contributed by atoms with Crippen LogP contribution in [-0.2, 0) is 17.8 Å². The molecule has 0 unspecified atom stereocenters. The molecule has 3 aliphatic rings. The Morgan fingerprint density at radius 3 is 2.50 bits per heavy atom. The molecular weight excluding hydrogens is 372 g/mol. The van der Waals surface area contributed by atoms with Crippen molar-refractivity contribution in [1.82, 2.24) is 19.7 Å². The quantitative estimate of drug-likeness (QED) is 0.738. The van der Waals surface area contributed by atoms with Crippen LogP contribution < -0.4 is 0 Å². The summed E-state index contributed by atoms with van der Waals surface area (Å²) in [5.74, 6) is 2.60. The fourth-order valence-corrected chi connectivity index (χ4v) is 5.40. The maximum atomic E-state index is 6.37. The molecule has 0 spiro atoms. The van der Waals surface area contributed by atoms with Gasteiger partial charge in [-0.05, 0) is 69.3 Å². The molecule has 0 bridgehead atoms. The second-order valence-corrected chi connectivity index (χ2v) is 9.21. The molecule has 6 heteroatoms. The van der Waals surface area contributed by atoms with Crippen LogP contribution in [0, 0.1) is 0 Å². The molecule has 28 heavy (non-hydrogen) atoms. The minimum atomic E-state index is 0.433. The number of ether oxygens (including phenoxy) is 1. The zero-order valence-corrected chi connectivity index (χ0v) is 17.4. The molecule has 1 aliphatic heterocycles. The van der Waals surface area contributed by atoms with Gasteiger partial charge in [0.15, 0.2) is 5.82 Å². The Bertz CT molecular complexity index is 837. The summed E-state index contributed by atoms with van der Waals surface area (Å²) in [5, 5.41) is 10.0. The highest BCUT2D eigenvalue weighted by atomic mass is 35.5. The Hall–Kier alpha value is -1.43. The lowest BCUT2D eigenvalue weighted by Crippen LogP contribution is -2.26. The molecule has 150 valence electrons. The van der Waals surface area contributed by atoms with E-state index in [-0.39, 0.29) is 0 Å². The lowest BCUT2D eigenvalue weighted by atomic mass is 9.86. The molecule has 2 saturated carbocycles. The first-order chi connectivity index (χ1) is 13.7. The zero-order chi connectivity index (χ0) is 19.1. The summed E-state index contributed by atoms with van der Waals surface area (Å²) in [7, 11) is 2.13. The van der Waals surface area contributed by atoms with Crippen LogP contribution in [0.25, 0.3) is 5.69 Å². The van der Waals surface area contributed by atoms with Gasteiger partial charge in [-0.25, -0.2) is 0 Å². The Morgan fingerprint density at radius 2 is 1.71 bits per heavy atom. The summed E-state index contributed by atoms with van der Waals surface area (Å²) in [6.45, 7) is 1.68. The van der Waals surface area contributed by atoms with Crippen LogP contribution in [0.15, 0.2) is 18.2 Å². The Labute approximate surface area is 172 Å². The fourth-order valence-electron chi connectivity index (χ4n) is 5.20. The Kier molecular flexibility index (Phi) is 5.16. The van der Waals surface area contributed by atoms with Gasteiger partial charge in [0.05, 0.1) is 24.4 Å². The minimum absolute atomic E-state index is 0.433. The number of rotatable bonds is 3. The molecule has 5 nitrogen and oxygen atoms in total. The van der Waals surface area contributed by atoms with Crippen molar-refractivity contribution < 1.29 is 4.74 Å². The van der Waals surface area contributed by atoms with Crippen molar-refractivity contribution in [2.24, 2.45) is 0 Å². The summed E-state index contributed by atoms with van der Waals surface area (Å²) >= 11 is 6.28. The predicted octanol–water partition coefficient (Wildman–Crippen LogP) is 4.85. The van der Waals surface area contributed by atoms with Crippen LogP contribution in [0.4, 0.5) is 0 Å². The largest absolute Gasteiger partial charge is 0.375 e. The van der Waals surface area contributed by atoms with Crippen molar-refractivity contribution in [1.29, 1.82) is 0 Å². The van der Waals surface area contributed by atoms with Gasteiger partial charge in [-0.2, -0.15) is 0 Å². The molecule has 0 amide bonds. The number of hydrogen-bond donors (Lipinski definition) is 0. The first kappa shape index (κ1) is 18.6. The van der Waals surface area contributed by atoms with Gasteiger partial charge < -0.3 is 4.74 Å². The lowest BCUT2D eigenvalue weighted by molar-refractivity contribution is -0.0288. The number of aromatic nitrogens is 3. The van der Waals surface area contributed by atoms with Gasteiger partial charge >= 0.3 is 0 Å². The molecule has 2 aromatic rings. The molecule has 0 radical (unpaired) electrons. The molecule has 2 fully saturated rings. The van der Waals surface area contributed by atoms with Gasteiger partial charge in [-0.1, -0.05) is 24.4 Å². The van der Waals surface area contributed by atoms with Crippen molar-refractivity contribution in [2.45, 2.75) is 82.6 Å². The maximum Gasteiger partial charge on any atom is 0.151 e. The van der Waals surface area contributed by atoms with Crippen molar-refractivity contribution >= 4 is 11.6 Å². The fraction of sp³-hybridized carbons (Fsp3) is 0.636. The van der Waals surface area contributed by atoms with Gasteiger partial charge in [0.25, 0.3) is 0 Å². The van der Waals surface area contributed by atoms with E-state index in [9.17, 15) is 0 Å². The SMILES string of the molecule is CN1Cc2cc(Cl)ccc2-n2c(nnc2[C@H]2CC[C@H](OC3CCCC3)CC2)C1. The van der Waals surface area contributed by atoms with Crippen LogP contribution in [0.2, 0.25) is 5.02 Å². The minimum Gasteiger partial charge on any atom is -0.375 e. The monoisotopic (exact) mass is 400 g/mol. The van der Waals surface area contributed by atoms with Crippen LogP contribution in [-0.4, -0.2) is 38.9 Å². The van der Waals surface area contributed by atoms with E-state index in [0.29, 0.717) is 18.1 Å². The molecule has 5 rings (SSSR count). The highest BCUT2D eigenvalue weighted by Crippen LogP contribution is 2.37. The van der Waals surface area contributed by atoms with Gasteiger partial charge in [0.2, 0.25) is 0 Å². The maximum absolute atomic E-state index is 6.37. The summed E-state index contributed by atoms with van der Waals surface area (Å²) in [6, 6.07) is 6.19. The van der Waals surface area contributed by atoms with E-state index in [4.69, 9.17) is 16.3 Å². The van der Waals surface area contributed by atoms with Crippen molar-refractivity contribution in [3.05, 3.63) is 40.4 Å². The third-order valence-corrected chi connectivity index (χ3v) is 6.85. The third-order valence-electron chi connectivity index (χ3n) is 6.62. The summed E-state index contributed by atoms with van der Waals surface area (Å²) < 4.78 is 8.67.